The van der Waals surface area contributed by atoms with Gasteiger partial charge in [-0.1, -0.05) is 11.6 Å². The molecule has 0 spiro atoms. The molecule has 0 saturated carbocycles. The van der Waals surface area contributed by atoms with Gasteiger partial charge in [-0.3, -0.25) is 0 Å². The Morgan fingerprint density at radius 1 is 1.20 bits per heavy atom. The van der Waals surface area contributed by atoms with Crippen LogP contribution in [-0.4, -0.2) is 24.9 Å². The Kier molecular flexibility index (Phi) is 8.12. The predicted molar refractivity (Wildman–Crippen MR) is 65.4 cm³/mol. The highest BCUT2D eigenvalue weighted by Crippen LogP contribution is 2.22. The fourth-order valence-corrected chi connectivity index (χ4v) is 1.72. The standard InChI is InChI=1S/C12H23ClO2/c1-5-14-12(10-13,15-6-2)9-7-8-11(3)4/h8H,5-7,9-10H2,1-4H3. The molecule has 0 aliphatic carbocycles. The summed E-state index contributed by atoms with van der Waals surface area (Å²) in [5, 5.41) is 0. The minimum atomic E-state index is -0.600. The first kappa shape index (κ1) is 14.9. The van der Waals surface area contributed by atoms with Crippen LogP contribution < -0.4 is 0 Å². The van der Waals surface area contributed by atoms with Crippen LogP contribution in [-0.2, 0) is 9.47 Å². The molecular formula is C12H23ClO2. The molecular weight excluding hydrogens is 212 g/mol. The van der Waals surface area contributed by atoms with Crippen LogP contribution in [0.1, 0.15) is 40.5 Å². The van der Waals surface area contributed by atoms with Gasteiger partial charge in [0, 0.05) is 19.6 Å². The number of allylic oxidation sites excluding steroid dienone is 2. The second-order valence-corrected chi connectivity index (χ2v) is 4.00. The maximum atomic E-state index is 5.93. The van der Waals surface area contributed by atoms with Crippen LogP contribution in [0.25, 0.3) is 0 Å². The van der Waals surface area contributed by atoms with Crippen molar-refractivity contribution >= 4 is 11.6 Å². The Morgan fingerprint density at radius 3 is 2.07 bits per heavy atom. The molecule has 0 aromatic rings. The van der Waals surface area contributed by atoms with Crippen molar-refractivity contribution in [1.29, 1.82) is 0 Å². The lowest BCUT2D eigenvalue weighted by Crippen LogP contribution is -2.38. The zero-order valence-electron chi connectivity index (χ0n) is 10.3. The van der Waals surface area contributed by atoms with E-state index >= 15 is 0 Å². The molecule has 0 atom stereocenters. The second kappa shape index (κ2) is 8.14. The van der Waals surface area contributed by atoms with Crippen LogP contribution in [0.5, 0.6) is 0 Å². The zero-order valence-corrected chi connectivity index (χ0v) is 11.1. The summed E-state index contributed by atoms with van der Waals surface area (Å²) in [6, 6.07) is 0. The zero-order chi connectivity index (χ0) is 11.7. The van der Waals surface area contributed by atoms with E-state index in [9.17, 15) is 0 Å². The Morgan fingerprint density at radius 2 is 1.73 bits per heavy atom. The number of halogens is 1. The lowest BCUT2D eigenvalue weighted by molar-refractivity contribution is -0.221. The summed E-state index contributed by atoms with van der Waals surface area (Å²) in [5.41, 5.74) is 1.31. The van der Waals surface area contributed by atoms with Crippen LogP contribution >= 0.6 is 11.6 Å². The molecule has 0 bridgehead atoms. The van der Waals surface area contributed by atoms with Gasteiger partial charge in [-0.25, -0.2) is 0 Å². The van der Waals surface area contributed by atoms with E-state index in [-0.39, 0.29) is 0 Å². The molecule has 2 nitrogen and oxygen atoms in total. The molecule has 3 heteroatoms. The number of alkyl halides is 1. The van der Waals surface area contributed by atoms with Crippen LogP contribution in [0.2, 0.25) is 0 Å². The quantitative estimate of drug-likeness (QED) is 0.362. The Hall–Kier alpha value is -0.0500. The van der Waals surface area contributed by atoms with E-state index in [2.05, 4.69) is 19.9 Å². The molecule has 0 saturated heterocycles. The number of hydrogen-bond donors (Lipinski definition) is 0. The summed E-state index contributed by atoms with van der Waals surface area (Å²) >= 11 is 5.93. The minimum Gasteiger partial charge on any atom is -0.349 e. The number of hydrogen-bond acceptors (Lipinski definition) is 2. The monoisotopic (exact) mass is 234 g/mol. The van der Waals surface area contributed by atoms with Crippen molar-refractivity contribution in [3.05, 3.63) is 11.6 Å². The third kappa shape index (κ3) is 6.18. The largest absolute Gasteiger partial charge is 0.349 e. The molecule has 0 amide bonds. The van der Waals surface area contributed by atoms with Crippen molar-refractivity contribution in [2.45, 2.75) is 46.3 Å². The van der Waals surface area contributed by atoms with Gasteiger partial charge < -0.3 is 9.47 Å². The fourth-order valence-electron chi connectivity index (χ4n) is 1.44. The van der Waals surface area contributed by atoms with Gasteiger partial charge in [0.2, 0.25) is 0 Å². The first-order valence-electron chi connectivity index (χ1n) is 5.57. The molecule has 0 rings (SSSR count). The van der Waals surface area contributed by atoms with E-state index in [1.807, 2.05) is 13.8 Å². The van der Waals surface area contributed by atoms with Crippen LogP contribution in [0.3, 0.4) is 0 Å². The van der Waals surface area contributed by atoms with Crippen molar-refractivity contribution < 1.29 is 9.47 Å². The Balaban J connectivity index is 4.26. The topological polar surface area (TPSA) is 18.5 Å². The summed E-state index contributed by atoms with van der Waals surface area (Å²) in [4.78, 5) is 0. The van der Waals surface area contributed by atoms with Gasteiger partial charge in [0.25, 0.3) is 0 Å². The number of rotatable bonds is 8. The molecule has 90 valence electrons. The molecule has 0 N–H and O–H groups in total. The molecule has 0 fully saturated rings. The summed E-state index contributed by atoms with van der Waals surface area (Å²) in [5.74, 6) is -0.220. The van der Waals surface area contributed by atoms with Gasteiger partial charge in [-0.05, 0) is 34.1 Å². The van der Waals surface area contributed by atoms with Gasteiger partial charge in [-0.2, -0.15) is 0 Å². The summed E-state index contributed by atoms with van der Waals surface area (Å²) < 4.78 is 11.2. The van der Waals surface area contributed by atoms with E-state index in [1.165, 1.54) is 5.57 Å². The Labute approximate surface area is 98.6 Å². The molecule has 0 aromatic heterocycles. The second-order valence-electron chi connectivity index (χ2n) is 3.73. The van der Waals surface area contributed by atoms with Crippen molar-refractivity contribution in [2.75, 3.05) is 19.1 Å². The minimum absolute atomic E-state index is 0.380. The van der Waals surface area contributed by atoms with E-state index < -0.39 is 5.79 Å². The SMILES string of the molecule is CCOC(CCl)(CCC=C(C)C)OCC. The first-order chi connectivity index (χ1) is 7.10. The van der Waals surface area contributed by atoms with Gasteiger partial charge in [0.1, 0.15) is 0 Å². The van der Waals surface area contributed by atoms with Crippen molar-refractivity contribution in [2.24, 2.45) is 0 Å². The molecule has 0 radical (unpaired) electrons. The molecule has 0 aliphatic rings. The van der Waals surface area contributed by atoms with E-state index in [0.717, 1.165) is 12.8 Å². The molecule has 0 unspecified atom stereocenters. The number of ether oxygens (including phenoxy) is 2. The lowest BCUT2D eigenvalue weighted by atomic mass is 10.1. The molecule has 0 heterocycles. The van der Waals surface area contributed by atoms with Gasteiger partial charge in [-0.15, -0.1) is 11.6 Å². The Bertz CT molecular complexity index is 180. The summed E-state index contributed by atoms with van der Waals surface area (Å²) in [7, 11) is 0. The van der Waals surface area contributed by atoms with Gasteiger partial charge in [0.05, 0.1) is 5.88 Å². The summed E-state index contributed by atoms with van der Waals surface area (Å²) in [6.07, 6.45) is 3.93. The van der Waals surface area contributed by atoms with Crippen LogP contribution in [0.4, 0.5) is 0 Å². The van der Waals surface area contributed by atoms with Crippen molar-refractivity contribution in [1.82, 2.24) is 0 Å². The predicted octanol–water partition coefficient (Wildman–Crippen LogP) is 3.74. The van der Waals surface area contributed by atoms with E-state index in [1.54, 1.807) is 0 Å². The maximum absolute atomic E-state index is 5.93. The molecule has 15 heavy (non-hydrogen) atoms. The van der Waals surface area contributed by atoms with Gasteiger partial charge in [0.15, 0.2) is 5.79 Å². The smallest absolute Gasteiger partial charge is 0.182 e. The van der Waals surface area contributed by atoms with Crippen LogP contribution in [0.15, 0.2) is 11.6 Å². The maximum Gasteiger partial charge on any atom is 0.182 e. The first-order valence-corrected chi connectivity index (χ1v) is 6.11. The average Bonchev–Trinajstić information content (AvgIpc) is 2.17. The summed E-state index contributed by atoms with van der Waals surface area (Å²) in [6.45, 7) is 9.35. The lowest BCUT2D eigenvalue weighted by Gasteiger charge is -2.31. The normalized spacial score (nSPS) is 11.5. The third-order valence-corrected chi connectivity index (χ3v) is 2.50. The fraction of sp³-hybridized carbons (Fsp3) is 0.833. The van der Waals surface area contributed by atoms with Crippen molar-refractivity contribution in [3.63, 3.8) is 0 Å². The highest BCUT2D eigenvalue weighted by molar-refractivity contribution is 6.18. The highest BCUT2D eigenvalue weighted by atomic mass is 35.5. The van der Waals surface area contributed by atoms with Crippen LogP contribution in [0, 0.1) is 0 Å². The van der Waals surface area contributed by atoms with Crippen molar-refractivity contribution in [3.8, 4) is 0 Å². The van der Waals surface area contributed by atoms with E-state index in [0.29, 0.717) is 19.1 Å². The van der Waals surface area contributed by atoms with E-state index in [4.69, 9.17) is 21.1 Å². The molecule has 0 aromatic carbocycles. The molecule has 0 aliphatic heterocycles. The highest BCUT2D eigenvalue weighted by Gasteiger charge is 2.29. The third-order valence-electron chi connectivity index (χ3n) is 2.10. The average molecular weight is 235 g/mol. The van der Waals surface area contributed by atoms with Gasteiger partial charge >= 0.3 is 0 Å².